The molecule has 0 atom stereocenters. The normalized spacial score (nSPS) is 16.0. The molecule has 7 nitrogen and oxygen atoms in total. The number of morpholine rings is 1. The number of nitrogens with zero attached hydrogens (tertiary/aromatic N) is 2. The molecule has 1 aromatic carbocycles. The number of rotatable bonds is 8. The molecule has 3 heterocycles. The Morgan fingerprint density at radius 2 is 2.00 bits per heavy atom. The summed E-state index contributed by atoms with van der Waals surface area (Å²) in [4.78, 5) is 4.61. The lowest BCUT2D eigenvalue weighted by Gasteiger charge is -2.29. The highest BCUT2D eigenvalue weighted by Crippen LogP contribution is 2.32. The van der Waals surface area contributed by atoms with Crippen LogP contribution < -0.4 is 14.8 Å². The van der Waals surface area contributed by atoms with Crippen molar-refractivity contribution in [2.45, 2.75) is 19.5 Å². The third-order valence-corrected chi connectivity index (χ3v) is 5.50. The first-order valence-corrected chi connectivity index (χ1v) is 10.4. The molecule has 8 heteroatoms. The molecule has 29 heavy (non-hydrogen) atoms. The predicted molar refractivity (Wildman–Crippen MR) is 113 cm³/mol. The van der Waals surface area contributed by atoms with Crippen molar-refractivity contribution in [1.82, 2.24) is 15.1 Å². The smallest absolute Gasteiger partial charge is 0.231 e. The zero-order chi connectivity index (χ0) is 19.9. The molecule has 0 aliphatic carbocycles. The van der Waals surface area contributed by atoms with Crippen LogP contribution in [0.5, 0.6) is 11.5 Å². The fourth-order valence-electron chi connectivity index (χ4n) is 3.49. The Morgan fingerprint density at radius 3 is 2.83 bits per heavy atom. The lowest BCUT2D eigenvalue weighted by molar-refractivity contribution is 0.0367. The van der Waals surface area contributed by atoms with Crippen molar-refractivity contribution >= 4 is 17.3 Å². The van der Waals surface area contributed by atoms with Crippen molar-refractivity contribution in [2.24, 2.45) is 0 Å². The standard InChI is InChI=1S/C21H27N3O4S/c29-21(22-14-17-4-5-19-20(13-17)28-16-27-19)24(15-18-3-1-10-26-18)7-2-6-23-8-11-25-12-9-23/h1,3-5,10,13H,2,6-9,11-12,14-16H2,(H,22,29). The van der Waals surface area contributed by atoms with Gasteiger partial charge in [-0.05, 0) is 48.5 Å². The predicted octanol–water partition coefficient (Wildman–Crippen LogP) is 2.61. The van der Waals surface area contributed by atoms with Crippen LogP contribution in [0, 0.1) is 0 Å². The summed E-state index contributed by atoms with van der Waals surface area (Å²) in [5.74, 6) is 2.48. The van der Waals surface area contributed by atoms with Crippen molar-refractivity contribution in [3.63, 3.8) is 0 Å². The maximum absolute atomic E-state index is 5.70. The molecule has 0 unspecified atom stereocenters. The summed E-state index contributed by atoms with van der Waals surface area (Å²) in [6.07, 6.45) is 2.73. The quantitative estimate of drug-likeness (QED) is 0.658. The van der Waals surface area contributed by atoms with Crippen LogP contribution in [0.4, 0.5) is 0 Å². The third-order valence-electron chi connectivity index (χ3n) is 5.10. The van der Waals surface area contributed by atoms with Crippen molar-refractivity contribution in [3.8, 4) is 11.5 Å². The second-order valence-corrected chi connectivity index (χ2v) is 7.54. The molecular weight excluding hydrogens is 390 g/mol. The average molecular weight is 418 g/mol. The van der Waals surface area contributed by atoms with Gasteiger partial charge in [-0.3, -0.25) is 4.90 Å². The van der Waals surface area contributed by atoms with Gasteiger partial charge in [-0.2, -0.15) is 0 Å². The van der Waals surface area contributed by atoms with Crippen LogP contribution in [-0.2, 0) is 17.8 Å². The van der Waals surface area contributed by atoms with Crippen molar-refractivity contribution in [3.05, 3.63) is 47.9 Å². The zero-order valence-electron chi connectivity index (χ0n) is 16.5. The van der Waals surface area contributed by atoms with Gasteiger partial charge in [0.1, 0.15) is 5.76 Å². The minimum Gasteiger partial charge on any atom is -0.467 e. The maximum Gasteiger partial charge on any atom is 0.231 e. The molecule has 156 valence electrons. The Labute approximate surface area is 176 Å². The summed E-state index contributed by atoms with van der Waals surface area (Å²) < 4.78 is 21.8. The third kappa shape index (κ3) is 5.62. The molecule has 0 saturated carbocycles. The van der Waals surface area contributed by atoms with E-state index in [0.717, 1.165) is 73.7 Å². The van der Waals surface area contributed by atoms with Gasteiger partial charge in [0, 0.05) is 32.7 Å². The summed E-state index contributed by atoms with van der Waals surface area (Å²) in [5, 5.41) is 4.10. The van der Waals surface area contributed by atoms with Crippen LogP contribution in [0.15, 0.2) is 41.0 Å². The zero-order valence-corrected chi connectivity index (χ0v) is 17.3. The van der Waals surface area contributed by atoms with Crippen LogP contribution in [0.2, 0.25) is 0 Å². The highest BCUT2D eigenvalue weighted by molar-refractivity contribution is 7.80. The van der Waals surface area contributed by atoms with Crippen LogP contribution in [-0.4, -0.2) is 61.1 Å². The molecule has 1 saturated heterocycles. The van der Waals surface area contributed by atoms with Gasteiger partial charge in [-0.1, -0.05) is 6.07 Å². The Balaban J connectivity index is 1.31. The van der Waals surface area contributed by atoms with Gasteiger partial charge in [0.15, 0.2) is 16.6 Å². The number of nitrogens with one attached hydrogen (secondary N) is 1. The van der Waals surface area contributed by atoms with Gasteiger partial charge in [-0.25, -0.2) is 0 Å². The van der Waals surface area contributed by atoms with Gasteiger partial charge in [-0.15, -0.1) is 0 Å². The van der Waals surface area contributed by atoms with E-state index in [2.05, 4.69) is 15.1 Å². The van der Waals surface area contributed by atoms with Gasteiger partial charge in [0.2, 0.25) is 6.79 Å². The summed E-state index contributed by atoms with van der Waals surface area (Å²) >= 11 is 5.70. The Morgan fingerprint density at radius 1 is 1.14 bits per heavy atom. The van der Waals surface area contributed by atoms with Crippen LogP contribution in [0.1, 0.15) is 17.7 Å². The van der Waals surface area contributed by atoms with E-state index in [-0.39, 0.29) is 6.79 Å². The lowest BCUT2D eigenvalue weighted by Crippen LogP contribution is -2.41. The van der Waals surface area contributed by atoms with Crippen LogP contribution >= 0.6 is 12.2 Å². The summed E-state index contributed by atoms with van der Waals surface area (Å²) in [6.45, 7) is 7.14. The van der Waals surface area contributed by atoms with Gasteiger partial charge < -0.3 is 28.8 Å². The number of ether oxygens (including phenoxy) is 3. The minimum absolute atomic E-state index is 0.282. The highest BCUT2D eigenvalue weighted by Gasteiger charge is 2.16. The molecule has 2 aliphatic rings. The fraction of sp³-hybridized carbons (Fsp3) is 0.476. The Kier molecular flexibility index (Phi) is 6.87. The van der Waals surface area contributed by atoms with E-state index in [0.29, 0.717) is 13.1 Å². The molecule has 4 rings (SSSR count). The first kappa shape index (κ1) is 20.0. The number of fused-ring (bicyclic) bond motifs is 1. The monoisotopic (exact) mass is 417 g/mol. The Bertz CT molecular complexity index is 793. The number of benzene rings is 1. The molecule has 0 radical (unpaired) electrons. The van der Waals surface area contributed by atoms with Crippen molar-refractivity contribution < 1.29 is 18.6 Å². The molecular formula is C21H27N3O4S. The van der Waals surface area contributed by atoms with E-state index in [4.69, 9.17) is 30.8 Å². The Hall–Kier alpha value is -2.29. The van der Waals surface area contributed by atoms with E-state index in [1.165, 1.54) is 0 Å². The second kappa shape index (κ2) is 9.96. The molecule has 0 bridgehead atoms. The average Bonchev–Trinajstić information content (AvgIpc) is 3.43. The minimum atomic E-state index is 0.282. The largest absolute Gasteiger partial charge is 0.467 e. The van der Waals surface area contributed by atoms with E-state index in [1.807, 2.05) is 30.3 Å². The van der Waals surface area contributed by atoms with Gasteiger partial charge in [0.25, 0.3) is 0 Å². The van der Waals surface area contributed by atoms with Gasteiger partial charge >= 0.3 is 0 Å². The van der Waals surface area contributed by atoms with Crippen molar-refractivity contribution in [1.29, 1.82) is 0 Å². The van der Waals surface area contributed by atoms with Gasteiger partial charge in [0.05, 0.1) is 26.0 Å². The molecule has 1 fully saturated rings. The van der Waals surface area contributed by atoms with Crippen LogP contribution in [0.3, 0.4) is 0 Å². The highest BCUT2D eigenvalue weighted by atomic mass is 32.1. The van der Waals surface area contributed by atoms with E-state index >= 15 is 0 Å². The SMILES string of the molecule is S=C(NCc1ccc2c(c1)OCO2)N(CCCN1CCOCC1)Cc1ccco1. The molecule has 2 aliphatic heterocycles. The van der Waals surface area contributed by atoms with Crippen LogP contribution in [0.25, 0.3) is 0 Å². The number of hydrogen-bond acceptors (Lipinski definition) is 6. The molecule has 1 N–H and O–H groups in total. The summed E-state index contributed by atoms with van der Waals surface area (Å²) in [6, 6.07) is 9.84. The fourth-order valence-corrected chi connectivity index (χ4v) is 3.72. The topological polar surface area (TPSA) is 59.3 Å². The molecule has 1 aromatic heterocycles. The van der Waals surface area contributed by atoms with E-state index in [1.54, 1.807) is 6.26 Å². The van der Waals surface area contributed by atoms with Crippen molar-refractivity contribution in [2.75, 3.05) is 46.2 Å². The summed E-state index contributed by atoms with van der Waals surface area (Å²) in [7, 11) is 0. The number of furan rings is 1. The van der Waals surface area contributed by atoms with E-state index in [9.17, 15) is 0 Å². The lowest BCUT2D eigenvalue weighted by atomic mass is 10.2. The summed E-state index contributed by atoms with van der Waals surface area (Å²) in [5.41, 5.74) is 1.10. The first-order valence-electron chi connectivity index (χ1n) is 10.0. The number of hydrogen-bond donors (Lipinski definition) is 1. The second-order valence-electron chi connectivity index (χ2n) is 7.15. The molecule has 0 amide bonds. The maximum atomic E-state index is 5.70. The molecule has 0 spiro atoms. The molecule has 2 aromatic rings. The first-order chi connectivity index (χ1) is 14.3. The van der Waals surface area contributed by atoms with E-state index < -0.39 is 0 Å². The number of thiocarbonyl (C=S) groups is 1.